The first kappa shape index (κ1) is 25.9. The van der Waals surface area contributed by atoms with Gasteiger partial charge >= 0.3 is 6.03 Å². The van der Waals surface area contributed by atoms with E-state index in [0.29, 0.717) is 25.2 Å². The summed E-state index contributed by atoms with van der Waals surface area (Å²) >= 11 is 0. The summed E-state index contributed by atoms with van der Waals surface area (Å²) in [7, 11) is 0. The summed E-state index contributed by atoms with van der Waals surface area (Å²) in [6.45, 7) is 7.78. The SMILES string of the molecule is CCCN(Cc1cc(-c2ccc3nc(C)[nH]c3c2)ccc1C)C(=O)N1CCCCC1c1ccc(F)c(F)c1. The summed E-state index contributed by atoms with van der Waals surface area (Å²) in [5, 5.41) is 0. The summed E-state index contributed by atoms with van der Waals surface area (Å²) in [5.41, 5.74) is 6.97. The topological polar surface area (TPSA) is 52.2 Å². The molecule has 0 aliphatic carbocycles. The number of nitrogens with zero attached hydrogens (tertiary/aromatic N) is 3. The van der Waals surface area contributed by atoms with Crippen molar-refractivity contribution in [2.45, 2.75) is 59.0 Å². The highest BCUT2D eigenvalue weighted by Crippen LogP contribution is 2.33. The predicted octanol–water partition coefficient (Wildman–Crippen LogP) is 7.68. The largest absolute Gasteiger partial charge is 0.342 e. The standard InChI is InChI=1S/C31H34F2N4O/c1-4-14-36(31(38)37-15-6-5-7-30(37)24-10-12-26(32)27(33)17-24)19-25-16-22(9-8-20(25)2)23-11-13-28-29(18-23)35-21(3)34-28/h8-13,16-18,30H,4-7,14-15,19H2,1-3H3,(H,34,35). The zero-order valence-electron chi connectivity index (χ0n) is 22.2. The van der Waals surface area contributed by atoms with Gasteiger partial charge in [-0.1, -0.05) is 31.2 Å². The Labute approximate surface area is 222 Å². The zero-order chi connectivity index (χ0) is 26.8. The Kier molecular flexibility index (Phi) is 7.45. The molecule has 2 amide bonds. The molecule has 0 saturated carbocycles. The summed E-state index contributed by atoms with van der Waals surface area (Å²) in [5.74, 6) is -0.858. The van der Waals surface area contributed by atoms with Crippen LogP contribution in [0.25, 0.3) is 22.2 Å². The van der Waals surface area contributed by atoms with Gasteiger partial charge in [0.25, 0.3) is 0 Å². The highest BCUT2D eigenvalue weighted by atomic mass is 19.2. The molecule has 1 aromatic heterocycles. The monoisotopic (exact) mass is 516 g/mol. The second-order valence-electron chi connectivity index (χ2n) is 10.3. The maximum atomic E-state index is 14.0. The van der Waals surface area contributed by atoms with Gasteiger partial charge in [-0.15, -0.1) is 0 Å². The van der Waals surface area contributed by atoms with Gasteiger partial charge in [0.05, 0.1) is 17.1 Å². The van der Waals surface area contributed by atoms with Crippen LogP contribution in [0, 0.1) is 25.5 Å². The molecular weight excluding hydrogens is 482 g/mol. The Morgan fingerprint density at radius 1 is 1.03 bits per heavy atom. The average Bonchev–Trinajstić information content (AvgIpc) is 3.30. The van der Waals surface area contributed by atoms with Crippen LogP contribution < -0.4 is 0 Å². The molecule has 1 fully saturated rings. The van der Waals surface area contributed by atoms with Gasteiger partial charge in [-0.3, -0.25) is 0 Å². The molecule has 7 heteroatoms. The first-order valence-electron chi connectivity index (χ1n) is 13.4. The molecule has 3 aromatic carbocycles. The minimum Gasteiger partial charge on any atom is -0.342 e. The van der Waals surface area contributed by atoms with Crippen LogP contribution in [-0.2, 0) is 6.54 Å². The molecule has 38 heavy (non-hydrogen) atoms. The smallest absolute Gasteiger partial charge is 0.320 e. The molecule has 0 radical (unpaired) electrons. The number of H-pyrrole nitrogens is 1. The summed E-state index contributed by atoms with van der Waals surface area (Å²) < 4.78 is 27.6. The van der Waals surface area contributed by atoms with E-state index in [-0.39, 0.29) is 12.1 Å². The van der Waals surface area contributed by atoms with Gasteiger partial charge in [0.2, 0.25) is 0 Å². The number of imidazole rings is 1. The lowest BCUT2D eigenvalue weighted by Crippen LogP contribution is -2.47. The van der Waals surface area contributed by atoms with Crippen molar-refractivity contribution in [3.05, 3.63) is 88.7 Å². The maximum absolute atomic E-state index is 14.0. The van der Waals surface area contributed by atoms with E-state index in [1.807, 2.05) is 22.8 Å². The fourth-order valence-electron chi connectivity index (χ4n) is 5.46. The quantitative estimate of drug-likeness (QED) is 0.286. The van der Waals surface area contributed by atoms with Crippen LogP contribution in [0.1, 0.15) is 61.2 Å². The van der Waals surface area contributed by atoms with Crippen molar-refractivity contribution in [3.8, 4) is 11.1 Å². The van der Waals surface area contributed by atoms with Crippen LogP contribution >= 0.6 is 0 Å². The van der Waals surface area contributed by atoms with Gasteiger partial charge in [-0.2, -0.15) is 0 Å². The van der Waals surface area contributed by atoms with E-state index >= 15 is 0 Å². The number of amides is 2. The Bertz CT molecular complexity index is 1460. The normalized spacial score (nSPS) is 15.7. The number of hydrogen-bond acceptors (Lipinski definition) is 2. The fraction of sp³-hybridized carbons (Fsp3) is 0.355. The Morgan fingerprint density at radius 2 is 1.82 bits per heavy atom. The average molecular weight is 517 g/mol. The second-order valence-corrected chi connectivity index (χ2v) is 10.3. The number of aromatic nitrogens is 2. The number of hydrogen-bond donors (Lipinski definition) is 1. The number of halogens is 2. The molecule has 0 spiro atoms. The highest BCUT2D eigenvalue weighted by Gasteiger charge is 2.31. The molecule has 1 aliphatic heterocycles. The van der Waals surface area contributed by atoms with Crippen LogP contribution in [0.4, 0.5) is 13.6 Å². The van der Waals surface area contributed by atoms with Crippen molar-refractivity contribution < 1.29 is 13.6 Å². The number of nitrogens with one attached hydrogen (secondary N) is 1. The molecule has 1 aliphatic rings. The lowest BCUT2D eigenvalue weighted by atomic mass is 9.95. The zero-order valence-corrected chi connectivity index (χ0v) is 22.2. The van der Waals surface area contributed by atoms with Crippen molar-refractivity contribution in [3.63, 3.8) is 0 Å². The molecule has 4 aromatic rings. The maximum Gasteiger partial charge on any atom is 0.320 e. The van der Waals surface area contributed by atoms with Gasteiger partial charge in [-0.25, -0.2) is 18.6 Å². The van der Waals surface area contributed by atoms with Crippen LogP contribution in [-0.4, -0.2) is 38.9 Å². The fourth-order valence-corrected chi connectivity index (χ4v) is 5.46. The number of likely N-dealkylation sites (tertiary alicyclic amines) is 1. The summed E-state index contributed by atoms with van der Waals surface area (Å²) in [4.78, 5) is 25.5. The van der Waals surface area contributed by atoms with E-state index < -0.39 is 11.6 Å². The van der Waals surface area contributed by atoms with E-state index in [1.165, 1.54) is 6.07 Å². The first-order chi connectivity index (χ1) is 18.3. The molecule has 1 saturated heterocycles. The summed E-state index contributed by atoms with van der Waals surface area (Å²) in [6, 6.07) is 16.3. The van der Waals surface area contributed by atoms with Crippen LogP contribution in [0.15, 0.2) is 54.6 Å². The minimum absolute atomic E-state index is 0.0551. The third-order valence-electron chi connectivity index (χ3n) is 7.48. The number of carbonyl (C=O) groups is 1. The van der Waals surface area contributed by atoms with Crippen molar-refractivity contribution in [1.29, 1.82) is 0 Å². The molecule has 0 bridgehead atoms. The molecule has 1 N–H and O–H groups in total. The van der Waals surface area contributed by atoms with E-state index in [1.54, 1.807) is 6.07 Å². The second kappa shape index (κ2) is 10.9. The van der Waals surface area contributed by atoms with Crippen LogP contribution in [0.2, 0.25) is 0 Å². The number of urea groups is 1. The number of piperidine rings is 1. The predicted molar refractivity (Wildman–Crippen MR) is 147 cm³/mol. The molecule has 1 atom stereocenters. The van der Waals surface area contributed by atoms with E-state index in [0.717, 1.165) is 70.9 Å². The highest BCUT2D eigenvalue weighted by molar-refractivity contribution is 5.82. The Hall–Kier alpha value is -3.74. The Morgan fingerprint density at radius 3 is 2.61 bits per heavy atom. The van der Waals surface area contributed by atoms with Crippen molar-refractivity contribution >= 4 is 17.1 Å². The molecule has 198 valence electrons. The van der Waals surface area contributed by atoms with E-state index in [9.17, 15) is 13.6 Å². The first-order valence-corrected chi connectivity index (χ1v) is 13.4. The van der Waals surface area contributed by atoms with E-state index in [4.69, 9.17) is 0 Å². The van der Waals surface area contributed by atoms with Crippen LogP contribution in [0.3, 0.4) is 0 Å². The number of carbonyl (C=O) groups excluding carboxylic acids is 1. The molecule has 5 nitrogen and oxygen atoms in total. The van der Waals surface area contributed by atoms with Crippen molar-refractivity contribution in [1.82, 2.24) is 19.8 Å². The molecular formula is C31H34F2N4O. The van der Waals surface area contributed by atoms with Gasteiger partial charge in [0, 0.05) is 19.6 Å². The molecule has 5 rings (SSSR count). The third-order valence-corrected chi connectivity index (χ3v) is 7.48. The van der Waals surface area contributed by atoms with E-state index in [2.05, 4.69) is 54.1 Å². The number of rotatable bonds is 6. The number of benzene rings is 3. The lowest BCUT2D eigenvalue weighted by Gasteiger charge is -2.39. The Balaban J connectivity index is 1.42. The van der Waals surface area contributed by atoms with Crippen molar-refractivity contribution in [2.24, 2.45) is 0 Å². The van der Waals surface area contributed by atoms with Gasteiger partial charge < -0.3 is 14.8 Å². The third kappa shape index (κ3) is 5.28. The lowest BCUT2D eigenvalue weighted by molar-refractivity contribution is 0.112. The van der Waals surface area contributed by atoms with Gasteiger partial charge in [-0.05, 0) is 97.7 Å². The van der Waals surface area contributed by atoms with Crippen LogP contribution in [0.5, 0.6) is 0 Å². The molecule has 1 unspecified atom stereocenters. The van der Waals surface area contributed by atoms with Gasteiger partial charge in [0.15, 0.2) is 11.6 Å². The minimum atomic E-state index is -0.873. The summed E-state index contributed by atoms with van der Waals surface area (Å²) in [6.07, 6.45) is 3.41. The number of fused-ring (bicyclic) bond motifs is 1. The number of aryl methyl sites for hydroxylation is 2. The molecule has 2 heterocycles. The number of aromatic amines is 1. The van der Waals surface area contributed by atoms with Gasteiger partial charge in [0.1, 0.15) is 5.82 Å². The van der Waals surface area contributed by atoms with Crippen molar-refractivity contribution in [2.75, 3.05) is 13.1 Å².